The Kier molecular flexibility index (Phi) is 21.4. The largest absolute Gasteiger partial charge is 0.481 e. The Balaban J connectivity index is 1.97. The number of hydrogen-bond acceptors (Lipinski definition) is 9. The third-order valence-corrected chi connectivity index (χ3v) is 5.63. The fourth-order valence-corrected chi connectivity index (χ4v) is 3.38. The van der Waals surface area contributed by atoms with Gasteiger partial charge >= 0.3 is 11.9 Å². The first-order chi connectivity index (χ1) is 19.4. The van der Waals surface area contributed by atoms with E-state index in [1.54, 1.807) is 4.90 Å². The minimum Gasteiger partial charge on any atom is -0.481 e. The van der Waals surface area contributed by atoms with Gasteiger partial charge in [-0.25, -0.2) is 0 Å². The van der Waals surface area contributed by atoms with Crippen molar-refractivity contribution in [2.24, 2.45) is 0 Å². The number of carbonyl (C=O) groups is 3. The third-order valence-electron chi connectivity index (χ3n) is 5.63. The van der Waals surface area contributed by atoms with Gasteiger partial charge < -0.3 is 44.1 Å². The quantitative estimate of drug-likeness (QED) is 0.132. The molecule has 0 atom stereocenters. The van der Waals surface area contributed by atoms with Crippen LogP contribution in [-0.2, 0) is 44.5 Å². The zero-order valence-corrected chi connectivity index (χ0v) is 23.6. The second-order valence-electron chi connectivity index (χ2n) is 8.97. The van der Waals surface area contributed by atoms with Crippen LogP contribution in [0.4, 0.5) is 0 Å². The lowest BCUT2D eigenvalue weighted by atomic mass is 10.1. The number of nitrogens with one attached hydrogen (secondary N) is 1. The van der Waals surface area contributed by atoms with E-state index in [0.717, 1.165) is 11.1 Å². The summed E-state index contributed by atoms with van der Waals surface area (Å²) in [6.07, 6.45) is 0.918. The van der Waals surface area contributed by atoms with Gasteiger partial charge in [0.25, 0.3) is 0 Å². The van der Waals surface area contributed by atoms with E-state index >= 15 is 0 Å². The summed E-state index contributed by atoms with van der Waals surface area (Å²) in [6, 6.07) is 8.02. The molecular weight excluding hydrogens is 524 g/mol. The lowest BCUT2D eigenvalue weighted by Crippen LogP contribution is -2.36. The number of amides is 1. The molecule has 0 heterocycles. The van der Waals surface area contributed by atoms with Gasteiger partial charge in [-0.3, -0.25) is 14.4 Å². The fraction of sp³-hybridized carbons (Fsp3) is 0.679. The monoisotopic (exact) mass is 570 g/mol. The number of carbonyl (C=O) groups excluding carboxylic acids is 1. The van der Waals surface area contributed by atoms with Crippen molar-refractivity contribution in [3.8, 4) is 0 Å². The van der Waals surface area contributed by atoms with Crippen molar-refractivity contribution in [2.45, 2.75) is 32.6 Å². The highest BCUT2D eigenvalue weighted by atomic mass is 16.6. The second-order valence-corrected chi connectivity index (χ2v) is 8.97. The molecule has 0 unspecified atom stereocenters. The average Bonchev–Trinajstić information content (AvgIpc) is 2.92. The van der Waals surface area contributed by atoms with Gasteiger partial charge in [-0.2, -0.15) is 0 Å². The maximum atomic E-state index is 12.6. The minimum atomic E-state index is -0.940. The van der Waals surface area contributed by atoms with Gasteiger partial charge in [0.15, 0.2) is 0 Å². The number of aliphatic carboxylic acids is 2. The summed E-state index contributed by atoms with van der Waals surface area (Å²) in [7, 11) is 0. The highest BCUT2D eigenvalue weighted by molar-refractivity contribution is 5.77. The molecular formula is C28H46N2O10. The van der Waals surface area contributed by atoms with Crippen LogP contribution in [0.1, 0.15) is 30.4 Å². The van der Waals surface area contributed by atoms with Crippen molar-refractivity contribution in [1.29, 1.82) is 0 Å². The summed E-state index contributed by atoms with van der Waals surface area (Å²) in [5, 5.41) is 20.5. The first-order valence-electron chi connectivity index (χ1n) is 13.7. The predicted molar refractivity (Wildman–Crippen MR) is 148 cm³/mol. The first-order valence-corrected chi connectivity index (χ1v) is 13.7. The molecule has 0 aliphatic carbocycles. The number of carboxylic acids is 2. The number of nitrogens with zero attached hydrogens (tertiary/aromatic N) is 1. The summed E-state index contributed by atoms with van der Waals surface area (Å²) < 4.78 is 27.2. The van der Waals surface area contributed by atoms with Crippen LogP contribution >= 0.6 is 0 Å². The molecule has 0 saturated carbocycles. The highest BCUT2D eigenvalue weighted by Crippen LogP contribution is 2.08. The van der Waals surface area contributed by atoms with Crippen LogP contribution in [0.2, 0.25) is 0 Å². The molecule has 0 radical (unpaired) electrons. The molecule has 12 nitrogen and oxygen atoms in total. The van der Waals surface area contributed by atoms with Gasteiger partial charge in [-0.05, 0) is 18.9 Å². The number of aryl methyl sites for hydroxylation is 2. The molecule has 0 aliphatic rings. The van der Waals surface area contributed by atoms with E-state index in [4.69, 9.17) is 33.9 Å². The first kappa shape index (κ1) is 35.4. The van der Waals surface area contributed by atoms with Gasteiger partial charge in [0.05, 0.1) is 78.9 Å². The van der Waals surface area contributed by atoms with Gasteiger partial charge in [-0.1, -0.05) is 29.8 Å². The minimum absolute atomic E-state index is 0.0856. The molecule has 228 valence electrons. The summed E-state index contributed by atoms with van der Waals surface area (Å²) in [4.78, 5) is 35.5. The van der Waals surface area contributed by atoms with Crippen LogP contribution in [0, 0.1) is 6.92 Å². The van der Waals surface area contributed by atoms with E-state index in [-0.39, 0.29) is 25.3 Å². The van der Waals surface area contributed by atoms with Crippen molar-refractivity contribution < 1.29 is 48.3 Å². The molecule has 40 heavy (non-hydrogen) atoms. The van der Waals surface area contributed by atoms with Gasteiger partial charge in [0, 0.05) is 32.6 Å². The van der Waals surface area contributed by atoms with E-state index in [2.05, 4.69) is 5.32 Å². The summed E-state index contributed by atoms with van der Waals surface area (Å²) >= 11 is 0. The Morgan fingerprint density at radius 1 is 0.650 bits per heavy atom. The van der Waals surface area contributed by atoms with Gasteiger partial charge in [-0.15, -0.1) is 0 Å². The SMILES string of the molecule is Cc1ccc(CCC(=O)N(CCOCCOCCOCCOCCOCCNCCC(=O)O)CCC(=O)O)cc1. The van der Waals surface area contributed by atoms with Crippen LogP contribution in [0.3, 0.4) is 0 Å². The van der Waals surface area contributed by atoms with E-state index in [9.17, 15) is 14.4 Å². The number of rotatable bonds is 27. The average molecular weight is 571 g/mol. The van der Waals surface area contributed by atoms with Crippen molar-refractivity contribution >= 4 is 17.8 Å². The topological polar surface area (TPSA) is 153 Å². The molecule has 1 amide bonds. The molecule has 0 aliphatic heterocycles. The number of ether oxygens (including phenoxy) is 5. The molecule has 0 bridgehead atoms. The van der Waals surface area contributed by atoms with Crippen molar-refractivity contribution in [3.63, 3.8) is 0 Å². The van der Waals surface area contributed by atoms with E-state index in [0.29, 0.717) is 98.5 Å². The standard InChI is InChI=1S/C28H46N2O10/c1-24-2-4-25(5-3-24)6-7-26(31)30(12-9-28(34)35)13-15-37-17-19-39-21-23-40-22-20-38-18-16-36-14-11-29-10-8-27(32)33/h2-5,29H,6-23H2,1H3,(H,32,33)(H,34,35). The second kappa shape index (κ2) is 24.2. The predicted octanol–water partition coefficient (Wildman–Crippen LogP) is 1.38. The summed E-state index contributed by atoms with van der Waals surface area (Å²) in [6.45, 7) is 7.74. The zero-order chi connectivity index (χ0) is 29.3. The van der Waals surface area contributed by atoms with Crippen molar-refractivity contribution in [3.05, 3.63) is 35.4 Å². The number of hydrogen-bond donors (Lipinski definition) is 3. The smallest absolute Gasteiger partial charge is 0.305 e. The van der Waals surface area contributed by atoms with E-state index in [1.165, 1.54) is 0 Å². The molecule has 1 aromatic carbocycles. The molecule has 1 rings (SSSR count). The Bertz CT molecular complexity index is 807. The maximum Gasteiger partial charge on any atom is 0.305 e. The van der Waals surface area contributed by atoms with Crippen LogP contribution < -0.4 is 5.32 Å². The van der Waals surface area contributed by atoms with Crippen LogP contribution in [0.25, 0.3) is 0 Å². The fourth-order valence-electron chi connectivity index (χ4n) is 3.38. The zero-order valence-electron chi connectivity index (χ0n) is 23.6. The molecule has 3 N–H and O–H groups in total. The van der Waals surface area contributed by atoms with E-state index < -0.39 is 11.9 Å². The lowest BCUT2D eigenvalue weighted by molar-refractivity contribution is -0.139. The van der Waals surface area contributed by atoms with E-state index in [1.807, 2.05) is 31.2 Å². The molecule has 0 spiro atoms. The summed E-state index contributed by atoms with van der Waals surface area (Å²) in [5.41, 5.74) is 2.23. The Morgan fingerprint density at radius 2 is 1.15 bits per heavy atom. The number of benzene rings is 1. The van der Waals surface area contributed by atoms with Crippen molar-refractivity contribution in [2.75, 3.05) is 92.2 Å². The highest BCUT2D eigenvalue weighted by Gasteiger charge is 2.15. The molecule has 12 heteroatoms. The normalized spacial score (nSPS) is 11.0. The Morgan fingerprint density at radius 3 is 1.68 bits per heavy atom. The molecule has 1 aromatic rings. The van der Waals surface area contributed by atoms with Crippen molar-refractivity contribution in [1.82, 2.24) is 10.2 Å². The summed E-state index contributed by atoms with van der Waals surface area (Å²) in [5.74, 6) is -1.85. The van der Waals surface area contributed by atoms with Gasteiger partial charge in [0.2, 0.25) is 5.91 Å². The maximum absolute atomic E-state index is 12.6. The molecule has 0 saturated heterocycles. The van der Waals surface area contributed by atoms with Crippen LogP contribution in [-0.4, -0.2) is 125 Å². The van der Waals surface area contributed by atoms with Crippen LogP contribution in [0.5, 0.6) is 0 Å². The third kappa shape index (κ3) is 21.2. The molecule has 0 aromatic heterocycles. The number of carboxylic acid groups (broad SMARTS) is 2. The molecule has 0 fully saturated rings. The Hall–Kier alpha value is -2.61. The van der Waals surface area contributed by atoms with Crippen LogP contribution in [0.15, 0.2) is 24.3 Å². The lowest BCUT2D eigenvalue weighted by Gasteiger charge is -2.22. The van der Waals surface area contributed by atoms with Gasteiger partial charge in [0.1, 0.15) is 0 Å². The Labute approximate surface area is 236 Å².